The van der Waals surface area contributed by atoms with Crippen LogP contribution in [0.15, 0.2) is 78.9 Å². The summed E-state index contributed by atoms with van der Waals surface area (Å²) in [4.78, 5) is 17.6. The Labute approximate surface area is 262 Å². The van der Waals surface area contributed by atoms with E-state index in [1.54, 1.807) is 43.8 Å². The molecule has 0 atom stereocenters. The third-order valence-corrected chi connectivity index (χ3v) is 8.59. The first kappa shape index (κ1) is 30.8. The summed E-state index contributed by atoms with van der Waals surface area (Å²) in [6.07, 6.45) is 5.02. The Hall–Kier alpha value is -4.62. The summed E-state index contributed by atoms with van der Waals surface area (Å²) in [5.41, 5.74) is 6.69. The molecule has 0 amide bonds. The van der Waals surface area contributed by atoms with Gasteiger partial charge in [0.05, 0.1) is 37.6 Å². The van der Waals surface area contributed by atoms with Crippen LogP contribution in [0.4, 0.5) is 0 Å². The lowest BCUT2D eigenvalue weighted by Crippen LogP contribution is -2.04. The number of rotatable bonds is 13. The Kier molecular flexibility index (Phi) is 9.97. The van der Waals surface area contributed by atoms with Crippen LogP contribution in [0.5, 0.6) is 23.0 Å². The molecular weight excluding hydrogens is 570 g/mol. The molecule has 0 aliphatic rings. The number of carbonyl (C=O) groups excluding carboxylic acids is 1. The van der Waals surface area contributed by atoms with Crippen LogP contribution in [0.25, 0.3) is 26.9 Å². The minimum absolute atomic E-state index is 0.0914. The summed E-state index contributed by atoms with van der Waals surface area (Å²) in [6.45, 7) is 7.13. The molecule has 44 heavy (non-hydrogen) atoms. The van der Waals surface area contributed by atoms with Crippen LogP contribution >= 0.6 is 11.3 Å². The van der Waals surface area contributed by atoms with E-state index < -0.39 is 0 Å². The van der Waals surface area contributed by atoms with E-state index in [4.69, 9.17) is 23.9 Å². The molecule has 0 aliphatic carbocycles. The second kappa shape index (κ2) is 14.2. The largest absolute Gasteiger partial charge is 0.496 e. The van der Waals surface area contributed by atoms with E-state index in [2.05, 4.69) is 25.1 Å². The van der Waals surface area contributed by atoms with Gasteiger partial charge in [-0.2, -0.15) is 0 Å². The molecule has 0 bridgehead atoms. The highest BCUT2D eigenvalue weighted by molar-refractivity contribution is 7.21. The molecule has 4 aromatic carbocycles. The van der Waals surface area contributed by atoms with Crippen LogP contribution < -0.4 is 18.9 Å². The number of carbonyl (C=O) groups is 1. The van der Waals surface area contributed by atoms with E-state index in [1.165, 1.54) is 4.70 Å². The number of hydrogen-bond donors (Lipinski definition) is 0. The van der Waals surface area contributed by atoms with Crippen LogP contribution in [-0.4, -0.2) is 38.2 Å². The molecule has 0 radical (unpaired) electrons. The lowest BCUT2D eigenvalue weighted by atomic mass is 10.0. The van der Waals surface area contributed by atoms with E-state index in [9.17, 15) is 4.79 Å². The fourth-order valence-corrected chi connectivity index (χ4v) is 5.83. The van der Waals surface area contributed by atoms with Gasteiger partial charge in [0, 0.05) is 11.1 Å². The number of aromatic nitrogens is 1. The Balaban J connectivity index is 1.12. The topological polar surface area (TPSA) is 66.9 Å². The molecule has 0 aliphatic heterocycles. The fourth-order valence-electron chi connectivity index (χ4n) is 4.87. The van der Waals surface area contributed by atoms with Crippen LogP contribution in [0, 0.1) is 20.8 Å². The number of hydrogen-bond acceptors (Lipinski definition) is 7. The number of para-hydroxylation sites is 1. The van der Waals surface area contributed by atoms with Crippen molar-refractivity contribution in [2.45, 2.75) is 33.6 Å². The van der Waals surface area contributed by atoms with Gasteiger partial charge in [-0.05, 0) is 117 Å². The predicted octanol–water partition coefficient (Wildman–Crippen LogP) is 9.04. The van der Waals surface area contributed by atoms with Crippen LogP contribution in [0.3, 0.4) is 0 Å². The van der Waals surface area contributed by atoms with Crippen molar-refractivity contribution >= 4 is 33.4 Å². The number of thiazole rings is 1. The highest BCUT2D eigenvalue weighted by Gasteiger charge is 2.11. The zero-order valence-electron chi connectivity index (χ0n) is 25.8. The summed E-state index contributed by atoms with van der Waals surface area (Å²) >= 11 is 1.70. The van der Waals surface area contributed by atoms with Gasteiger partial charge in [-0.3, -0.25) is 4.79 Å². The van der Waals surface area contributed by atoms with Crippen molar-refractivity contribution in [3.63, 3.8) is 0 Å². The van der Waals surface area contributed by atoms with Gasteiger partial charge in [0.15, 0.2) is 17.3 Å². The van der Waals surface area contributed by atoms with Crippen molar-refractivity contribution in [3.8, 4) is 33.6 Å². The average molecular weight is 608 g/mol. The predicted molar refractivity (Wildman–Crippen MR) is 179 cm³/mol. The molecular formula is C37H37NO5S. The Morgan fingerprint density at radius 1 is 0.773 bits per heavy atom. The van der Waals surface area contributed by atoms with Gasteiger partial charge in [-0.1, -0.05) is 24.3 Å². The molecule has 0 fully saturated rings. The Morgan fingerprint density at radius 2 is 1.50 bits per heavy atom. The van der Waals surface area contributed by atoms with Crippen molar-refractivity contribution in [3.05, 3.63) is 107 Å². The molecule has 7 heteroatoms. The molecule has 0 saturated heterocycles. The molecule has 0 unspecified atom stereocenters. The number of benzene rings is 4. The van der Waals surface area contributed by atoms with Crippen molar-refractivity contribution in [1.82, 2.24) is 4.98 Å². The van der Waals surface area contributed by atoms with Crippen LogP contribution in [0.1, 0.15) is 45.5 Å². The highest BCUT2D eigenvalue weighted by atomic mass is 32.1. The molecule has 6 nitrogen and oxygen atoms in total. The van der Waals surface area contributed by atoms with Gasteiger partial charge in [0.1, 0.15) is 16.5 Å². The van der Waals surface area contributed by atoms with E-state index in [0.717, 1.165) is 56.9 Å². The number of unbranched alkanes of at least 4 members (excludes halogenated alkanes) is 1. The Morgan fingerprint density at radius 3 is 2.23 bits per heavy atom. The quantitative estimate of drug-likeness (QED) is 0.0756. The zero-order valence-corrected chi connectivity index (χ0v) is 26.6. The molecule has 1 aromatic heterocycles. The van der Waals surface area contributed by atoms with Crippen molar-refractivity contribution in [1.29, 1.82) is 0 Å². The molecule has 5 aromatic rings. The average Bonchev–Trinajstić information content (AvgIpc) is 3.48. The van der Waals surface area contributed by atoms with E-state index in [-0.39, 0.29) is 5.78 Å². The van der Waals surface area contributed by atoms with Gasteiger partial charge in [-0.15, -0.1) is 11.3 Å². The maximum Gasteiger partial charge on any atom is 0.185 e. The highest BCUT2D eigenvalue weighted by Crippen LogP contribution is 2.33. The fraction of sp³-hybridized carbons (Fsp3) is 0.243. The minimum Gasteiger partial charge on any atom is -0.496 e. The van der Waals surface area contributed by atoms with Gasteiger partial charge in [0.2, 0.25) is 0 Å². The summed E-state index contributed by atoms with van der Waals surface area (Å²) in [5, 5.41) is 1.02. The molecule has 5 rings (SSSR count). The number of ether oxygens (including phenoxy) is 4. The third-order valence-electron chi connectivity index (χ3n) is 7.51. The molecule has 0 saturated carbocycles. The Bertz CT molecular complexity index is 1770. The normalized spacial score (nSPS) is 11.2. The van der Waals surface area contributed by atoms with Gasteiger partial charge in [0.25, 0.3) is 0 Å². The number of nitrogens with zero attached hydrogens (tertiary/aromatic N) is 1. The first-order valence-electron chi connectivity index (χ1n) is 14.6. The van der Waals surface area contributed by atoms with Crippen LogP contribution in [0.2, 0.25) is 0 Å². The number of methoxy groups -OCH3 is 2. The van der Waals surface area contributed by atoms with Crippen molar-refractivity contribution < 1.29 is 23.7 Å². The lowest BCUT2D eigenvalue weighted by Gasteiger charge is -2.12. The first-order chi connectivity index (χ1) is 21.4. The standard InChI is InChI=1S/C37H37NO5S/c1-24-20-29(23-34(41-5)26(24)3)31(39)15-12-27-13-16-33(40-4)35(22-27)43-19-9-8-18-42-32-17-14-28(21-25(32)2)37-38-30-10-6-7-11-36(30)44-37/h6-7,10-17,20-23H,8-9,18-19H2,1-5H3/b15-12+. The van der Waals surface area contributed by atoms with Crippen LogP contribution in [-0.2, 0) is 0 Å². The summed E-state index contributed by atoms with van der Waals surface area (Å²) in [5.74, 6) is 2.78. The van der Waals surface area contributed by atoms with Gasteiger partial charge >= 0.3 is 0 Å². The van der Waals surface area contributed by atoms with E-state index >= 15 is 0 Å². The summed E-state index contributed by atoms with van der Waals surface area (Å²) in [7, 11) is 3.23. The van der Waals surface area contributed by atoms with Gasteiger partial charge < -0.3 is 18.9 Å². The number of allylic oxidation sites excluding steroid dienone is 1. The van der Waals surface area contributed by atoms with Crippen molar-refractivity contribution in [2.75, 3.05) is 27.4 Å². The minimum atomic E-state index is -0.0914. The lowest BCUT2D eigenvalue weighted by molar-refractivity contribution is 0.104. The second-order valence-electron chi connectivity index (χ2n) is 10.6. The smallest absolute Gasteiger partial charge is 0.185 e. The second-order valence-corrected chi connectivity index (χ2v) is 11.6. The maximum absolute atomic E-state index is 12.9. The number of ketones is 1. The summed E-state index contributed by atoms with van der Waals surface area (Å²) in [6, 6.07) is 23.7. The number of fused-ring (bicyclic) bond motifs is 1. The monoisotopic (exact) mass is 607 g/mol. The third kappa shape index (κ3) is 7.29. The summed E-state index contributed by atoms with van der Waals surface area (Å²) < 4.78 is 24.2. The van der Waals surface area contributed by atoms with Crippen molar-refractivity contribution in [2.24, 2.45) is 0 Å². The SMILES string of the molecule is COc1ccc(/C=C/C(=O)c2cc(C)c(C)c(OC)c2)cc1OCCCCOc1ccc(-c2nc3ccccc3s2)cc1C. The molecule has 226 valence electrons. The molecule has 0 N–H and O–H groups in total. The van der Waals surface area contributed by atoms with Gasteiger partial charge in [-0.25, -0.2) is 4.98 Å². The zero-order chi connectivity index (χ0) is 31.1. The first-order valence-corrected chi connectivity index (χ1v) is 15.5. The molecule has 0 spiro atoms. The van der Waals surface area contributed by atoms with E-state index in [1.807, 2.05) is 62.4 Å². The van der Waals surface area contributed by atoms with E-state index in [0.29, 0.717) is 36.0 Å². The maximum atomic E-state index is 12.9. The number of aryl methyl sites for hydroxylation is 2. The molecule has 1 heterocycles.